The first-order chi connectivity index (χ1) is 7.95. The lowest BCUT2D eigenvalue weighted by molar-refractivity contribution is -0.146. The summed E-state index contributed by atoms with van der Waals surface area (Å²) in [5.74, 6) is -1.34. The van der Waals surface area contributed by atoms with Gasteiger partial charge in [-0.05, 0) is 6.92 Å². The van der Waals surface area contributed by atoms with E-state index in [2.05, 4.69) is 4.74 Å². The van der Waals surface area contributed by atoms with E-state index in [1.807, 2.05) is 0 Å². The van der Waals surface area contributed by atoms with Crippen molar-refractivity contribution in [1.82, 2.24) is 4.90 Å². The highest BCUT2D eigenvalue weighted by Crippen LogP contribution is 2.22. The van der Waals surface area contributed by atoms with Gasteiger partial charge in [0.2, 0.25) is 0 Å². The van der Waals surface area contributed by atoms with Crippen LogP contribution in [0.4, 0.5) is 9.18 Å². The average molecular weight is 247 g/mol. The zero-order chi connectivity index (χ0) is 13.0. The number of ether oxygens (including phenoxy) is 1. The molecule has 6 nitrogen and oxygen atoms in total. The van der Waals surface area contributed by atoms with Crippen LogP contribution in [0, 0.1) is 0 Å². The number of hydrogen-bond donors (Lipinski definition) is 1. The third kappa shape index (κ3) is 3.40. The van der Waals surface area contributed by atoms with E-state index in [0.29, 0.717) is 0 Å². The second kappa shape index (κ2) is 5.60. The van der Waals surface area contributed by atoms with Gasteiger partial charge in [-0.15, -0.1) is 0 Å². The highest BCUT2D eigenvalue weighted by Gasteiger charge is 2.40. The molecular formula is C10H14FNO5. The monoisotopic (exact) mass is 247 g/mol. The third-order valence-electron chi connectivity index (χ3n) is 2.49. The molecule has 7 heteroatoms. The second-order valence-electron chi connectivity index (χ2n) is 3.73. The van der Waals surface area contributed by atoms with Gasteiger partial charge in [0.25, 0.3) is 0 Å². The van der Waals surface area contributed by atoms with Gasteiger partial charge in [0.05, 0.1) is 19.2 Å². The molecule has 0 bridgehead atoms. The number of ketones is 1. The minimum atomic E-state index is -1.36. The first-order valence-electron chi connectivity index (χ1n) is 5.27. The van der Waals surface area contributed by atoms with E-state index in [4.69, 9.17) is 5.11 Å². The Morgan fingerprint density at radius 1 is 1.47 bits per heavy atom. The van der Waals surface area contributed by atoms with E-state index >= 15 is 0 Å². The van der Waals surface area contributed by atoms with Crippen LogP contribution >= 0.6 is 0 Å². The van der Waals surface area contributed by atoms with E-state index in [0.717, 1.165) is 4.90 Å². The molecule has 1 amide bonds. The molecular weight excluding hydrogens is 233 g/mol. The van der Waals surface area contributed by atoms with Crippen molar-refractivity contribution in [2.75, 3.05) is 13.2 Å². The number of amides is 1. The number of carbonyl (C=O) groups excluding carboxylic acids is 2. The molecule has 1 aliphatic heterocycles. The molecule has 1 aliphatic rings. The van der Waals surface area contributed by atoms with Crippen molar-refractivity contribution >= 4 is 17.8 Å². The molecule has 2 atom stereocenters. The number of Topliss-reactive ketones (excluding diaryl/α,β-unsaturated/α-hetero) is 1. The van der Waals surface area contributed by atoms with Crippen molar-refractivity contribution in [3.05, 3.63) is 0 Å². The van der Waals surface area contributed by atoms with E-state index in [1.54, 1.807) is 6.92 Å². The fourth-order valence-corrected chi connectivity index (χ4v) is 1.77. The summed E-state index contributed by atoms with van der Waals surface area (Å²) in [5, 5.41) is 8.78. The standard InChI is InChI=1S/C10H14FNO5/c1-2-17-9(14)4-8(13)7-3-6(11)5-12(7)10(15)16/h6-7H,2-5H2,1H3,(H,15,16)/t6-,7?/m1/s1. The fraction of sp³-hybridized carbons (Fsp3) is 0.700. The lowest BCUT2D eigenvalue weighted by atomic mass is 10.1. The Hall–Kier alpha value is -1.66. The molecule has 0 aromatic rings. The summed E-state index contributed by atoms with van der Waals surface area (Å²) in [6.45, 7) is 1.42. The van der Waals surface area contributed by atoms with Gasteiger partial charge in [-0.2, -0.15) is 0 Å². The Morgan fingerprint density at radius 2 is 2.12 bits per heavy atom. The Morgan fingerprint density at radius 3 is 2.65 bits per heavy atom. The van der Waals surface area contributed by atoms with Gasteiger partial charge in [0.1, 0.15) is 12.6 Å². The van der Waals surface area contributed by atoms with Crippen LogP contribution in [0.2, 0.25) is 0 Å². The Labute approximate surface area is 97.3 Å². The number of likely N-dealkylation sites (tertiary alicyclic amines) is 1. The van der Waals surface area contributed by atoms with Crippen molar-refractivity contribution in [2.45, 2.75) is 32.0 Å². The lowest BCUT2D eigenvalue weighted by Gasteiger charge is -2.19. The SMILES string of the molecule is CCOC(=O)CC(=O)C1C[C@@H](F)CN1C(=O)O. The number of nitrogens with zero attached hydrogens (tertiary/aromatic N) is 1. The second-order valence-corrected chi connectivity index (χ2v) is 3.73. The number of carboxylic acid groups (broad SMARTS) is 1. The zero-order valence-corrected chi connectivity index (χ0v) is 9.39. The molecule has 0 radical (unpaired) electrons. The first kappa shape index (κ1) is 13.4. The van der Waals surface area contributed by atoms with E-state index in [9.17, 15) is 18.8 Å². The fourth-order valence-electron chi connectivity index (χ4n) is 1.77. The molecule has 1 saturated heterocycles. The predicted octanol–water partition coefficient (Wildman–Crippen LogP) is 0.599. The Bertz CT molecular complexity index is 333. The summed E-state index contributed by atoms with van der Waals surface area (Å²) in [6.07, 6.45) is -3.42. The minimum absolute atomic E-state index is 0.144. The number of halogens is 1. The molecule has 0 aliphatic carbocycles. The van der Waals surface area contributed by atoms with Gasteiger partial charge >= 0.3 is 12.1 Å². The summed E-state index contributed by atoms with van der Waals surface area (Å²) in [5.41, 5.74) is 0. The summed E-state index contributed by atoms with van der Waals surface area (Å²) < 4.78 is 17.6. The third-order valence-corrected chi connectivity index (χ3v) is 2.49. The molecule has 1 rings (SSSR count). The average Bonchev–Trinajstić information content (AvgIpc) is 2.60. The van der Waals surface area contributed by atoms with Crippen LogP contribution in [0.3, 0.4) is 0 Å². The van der Waals surface area contributed by atoms with Gasteiger partial charge in [-0.3, -0.25) is 14.5 Å². The van der Waals surface area contributed by atoms with E-state index < -0.39 is 36.5 Å². The maximum absolute atomic E-state index is 13.1. The van der Waals surface area contributed by atoms with Crippen molar-refractivity contribution in [3.8, 4) is 0 Å². The Balaban J connectivity index is 2.61. The molecule has 0 aromatic carbocycles. The maximum atomic E-state index is 13.1. The van der Waals surface area contributed by atoms with Crippen LogP contribution in [0.5, 0.6) is 0 Å². The summed E-state index contributed by atoms with van der Waals surface area (Å²) in [7, 11) is 0. The van der Waals surface area contributed by atoms with Crippen LogP contribution in [0.25, 0.3) is 0 Å². The van der Waals surface area contributed by atoms with Gasteiger partial charge in [0, 0.05) is 6.42 Å². The highest BCUT2D eigenvalue weighted by atomic mass is 19.1. The molecule has 1 heterocycles. The molecule has 0 saturated carbocycles. The van der Waals surface area contributed by atoms with Crippen LogP contribution in [0.15, 0.2) is 0 Å². The summed E-state index contributed by atoms with van der Waals surface area (Å²) in [6, 6.07) is -1.08. The molecule has 96 valence electrons. The highest BCUT2D eigenvalue weighted by molar-refractivity contribution is 5.99. The number of esters is 1. The summed E-state index contributed by atoms with van der Waals surface area (Å²) in [4.78, 5) is 34.2. The smallest absolute Gasteiger partial charge is 0.408 e. The topological polar surface area (TPSA) is 83.9 Å². The van der Waals surface area contributed by atoms with Crippen molar-refractivity contribution in [3.63, 3.8) is 0 Å². The number of alkyl halides is 1. The first-order valence-corrected chi connectivity index (χ1v) is 5.27. The molecule has 0 aromatic heterocycles. The maximum Gasteiger partial charge on any atom is 0.408 e. The molecule has 1 N–H and O–H groups in total. The minimum Gasteiger partial charge on any atom is -0.466 e. The van der Waals surface area contributed by atoms with Crippen molar-refractivity contribution in [1.29, 1.82) is 0 Å². The zero-order valence-electron chi connectivity index (χ0n) is 9.39. The van der Waals surface area contributed by atoms with Crippen LogP contribution in [-0.4, -0.2) is 53.2 Å². The molecule has 0 spiro atoms. The normalized spacial score (nSPS) is 23.5. The van der Waals surface area contributed by atoms with E-state index in [-0.39, 0.29) is 19.6 Å². The Kier molecular flexibility index (Phi) is 4.42. The number of hydrogen-bond acceptors (Lipinski definition) is 4. The van der Waals surface area contributed by atoms with E-state index in [1.165, 1.54) is 0 Å². The number of carbonyl (C=O) groups is 3. The number of rotatable bonds is 4. The van der Waals surface area contributed by atoms with Gasteiger partial charge in [-0.25, -0.2) is 9.18 Å². The van der Waals surface area contributed by atoms with Gasteiger partial charge in [0.15, 0.2) is 5.78 Å². The lowest BCUT2D eigenvalue weighted by Crippen LogP contribution is -2.40. The molecule has 17 heavy (non-hydrogen) atoms. The summed E-state index contributed by atoms with van der Waals surface area (Å²) >= 11 is 0. The van der Waals surface area contributed by atoms with Crippen LogP contribution < -0.4 is 0 Å². The predicted molar refractivity (Wildman–Crippen MR) is 54.3 cm³/mol. The van der Waals surface area contributed by atoms with Crippen molar-refractivity contribution in [2.24, 2.45) is 0 Å². The van der Waals surface area contributed by atoms with Crippen molar-refractivity contribution < 1.29 is 28.6 Å². The largest absolute Gasteiger partial charge is 0.466 e. The van der Waals surface area contributed by atoms with Crippen LogP contribution in [-0.2, 0) is 14.3 Å². The quantitative estimate of drug-likeness (QED) is 0.581. The van der Waals surface area contributed by atoms with Gasteiger partial charge < -0.3 is 9.84 Å². The molecule has 1 unspecified atom stereocenters. The van der Waals surface area contributed by atoms with Crippen LogP contribution in [0.1, 0.15) is 19.8 Å². The van der Waals surface area contributed by atoms with Gasteiger partial charge in [-0.1, -0.05) is 0 Å². The molecule has 1 fully saturated rings.